The first-order valence-corrected chi connectivity index (χ1v) is 11.4. The van der Waals surface area contributed by atoms with Crippen LogP contribution in [0, 0.1) is 0 Å². The molecule has 0 fully saturated rings. The van der Waals surface area contributed by atoms with Gasteiger partial charge in [0.2, 0.25) is 10.0 Å². The summed E-state index contributed by atoms with van der Waals surface area (Å²) in [7, 11) is -3.44. The highest BCUT2D eigenvalue weighted by Crippen LogP contribution is 2.27. The number of amides is 1. The van der Waals surface area contributed by atoms with E-state index in [0.717, 1.165) is 43.5 Å². The minimum atomic E-state index is -3.44. The van der Waals surface area contributed by atoms with E-state index in [1.807, 2.05) is 19.1 Å². The average Bonchev–Trinajstić information content (AvgIpc) is 3.15. The molecule has 0 atom stereocenters. The predicted octanol–water partition coefficient (Wildman–Crippen LogP) is 3.60. The number of carbonyl (C=O) groups is 1. The fourth-order valence-corrected chi connectivity index (χ4v) is 3.38. The Morgan fingerprint density at radius 2 is 1.96 bits per heavy atom. The van der Waals surface area contributed by atoms with Crippen molar-refractivity contribution in [1.82, 2.24) is 5.32 Å². The predicted molar refractivity (Wildman–Crippen MR) is 112 cm³/mol. The number of nitrogens with one attached hydrogen (secondary N) is 2. The summed E-state index contributed by atoms with van der Waals surface area (Å²) < 4.78 is 31.1. The molecule has 0 saturated carbocycles. The molecule has 1 aromatic carbocycles. The Balaban J connectivity index is 2.42. The normalized spacial score (nSPS) is 11.2. The first-order valence-electron chi connectivity index (χ1n) is 9.51. The second-order valence-corrected chi connectivity index (χ2v) is 8.46. The Labute approximate surface area is 167 Å². The third-order valence-corrected chi connectivity index (χ3v) is 4.74. The van der Waals surface area contributed by atoms with Crippen LogP contribution in [0.25, 0.3) is 0 Å². The lowest BCUT2D eigenvalue weighted by atomic mass is 10.1. The quantitative estimate of drug-likeness (QED) is 0.594. The molecule has 1 heterocycles. The van der Waals surface area contributed by atoms with E-state index in [1.165, 1.54) is 0 Å². The van der Waals surface area contributed by atoms with Crippen molar-refractivity contribution in [2.24, 2.45) is 0 Å². The Kier molecular flexibility index (Phi) is 7.92. The van der Waals surface area contributed by atoms with Gasteiger partial charge >= 0.3 is 0 Å². The van der Waals surface area contributed by atoms with Gasteiger partial charge in [0.15, 0.2) is 0 Å². The van der Waals surface area contributed by atoms with Gasteiger partial charge in [0.25, 0.3) is 5.91 Å². The zero-order valence-electron chi connectivity index (χ0n) is 16.7. The number of benzene rings is 1. The van der Waals surface area contributed by atoms with Crippen LogP contribution in [0.3, 0.4) is 0 Å². The second-order valence-electron chi connectivity index (χ2n) is 6.72. The molecule has 0 aliphatic rings. The number of hydrogen-bond acceptors (Lipinski definition) is 5. The molecular weight excluding hydrogens is 378 g/mol. The Morgan fingerprint density at radius 3 is 2.57 bits per heavy atom. The molecule has 7 nitrogen and oxygen atoms in total. The number of unbranched alkanes of at least 4 members (excludes halogenated alkanes) is 1. The molecule has 1 aromatic heterocycles. The fourth-order valence-electron chi connectivity index (χ4n) is 2.83. The van der Waals surface area contributed by atoms with E-state index in [1.54, 1.807) is 24.5 Å². The molecule has 2 N–H and O–H groups in total. The van der Waals surface area contributed by atoms with Crippen molar-refractivity contribution < 1.29 is 17.6 Å². The van der Waals surface area contributed by atoms with Gasteiger partial charge in [0.05, 0.1) is 30.3 Å². The van der Waals surface area contributed by atoms with Crippen molar-refractivity contribution in [3.05, 3.63) is 47.9 Å². The van der Waals surface area contributed by atoms with Crippen LogP contribution >= 0.6 is 0 Å². The highest BCUT2D eigenvalue weighted by atomic mass is 32.2. The third-order valence-electron chi connectivity index (χ3n) is 4.13. The number of nitrogens with zero attached hydrogens (tertiary/aromatic N) is 1. The van der Waals surface area contributed by atoms with Gasteiger partial charge in [-0.25, -0.2) is 8.42 Å². The molecule has 8 heteroatoms. The highest BCUT2D eigenvalue weighted by Gasteiger charge is 2.19. The molecule has 28 heavy (non-hydrogen) atoms. The van der Waals surface area contributed by atoms with Gasteiger partial charge in [-0.3, -0.25) is 9.52 Å². The molecule has 0 saturated heterocycles. The maximum atomic E-state index is 12.8. The van der Waals surface area contributed by atoms with Gasteiger partial charge in [-0.1, -0.05) is 20.3 Å². The lowest BCUT2D eigenvalue weighted by Crippen LogP contribution is -2.30. The monoisotopic (exact) mass is 407 g/mol. The molecule has 0 aliphatic carbocycles. The van der Waals surface area contributed by atoms with Crippen molar-refractivity contribution in [3.63, 3.8) is 0 Å². The number of carbonyl (C=O) groups excluding carboxylic acids is 1. The maximum Gasteiger partial charge on any atom is 0.253 e. The van der Waals surface area contributed by atoms with Crippen LogP contribution in [0.15, 0.2) is 41.0 Å². The Hall–Kier alpha value is -2.48. The SMILES string of the molecule is CCCCN(Cc1ccco1)c1ccc(NS(C)(=O)=O)cc1C(=O)NCCC. The largest absolute Gasteiger partial charge is 0.467 e. The van der Waals surface area contributed by atoms with Crippen LogP contribution in [-0.4, -0.2) is 33.7 Å². The molecular formula is C20H29N3O4S. The molecule has 0 radical (unpaired) electrons. The van der Waals surface area contributed by atoms with E-state index in [4.69, 9.17) is 4.42 Å². The minimum Gasteiger partial charge on any atom is -0.467 e. The van der Waals surface area contributed by atoms with Gasteiger partial charge in [0.1, 0.15) is 5.76 Å². The van der Waals surface area contributed by atoms with Gasteiger partial charge in [0, 0.05) is 18.8 Å². The summed E-state index contributed by atoms with van der Waals surface area (Å²) in [4.78, 5) is 14.9. The number of furan rings is 1. The molecule has 0 aliphatic heterocycles. The summed E-state index contributed by atoms with van der Waals surface area (Å²) in [5.74, 6) is 0.573. The fraction of sp³-hybridized carbons (Fsp3) is 0.450. The van der Waals surface area contributed by atoms with E-state index >= 15 is 0 Å². The lowest BCUT2D eigenvalue weighted by molar-refractivity contribution is 0.0954. The summed E-state index contributed by atoms with van der Waals surface area (Å²) in [6, 6.07) is 8.78. The van der Waals surface area contributed by atoms with Crippen LogP contribution in [0.4, 0.5) is 11.4 Å². The molecule has 0 unspecified atom stereocenters. The van der Waals surface area contributed by atoms with E-state index < -0.39 is 10.0 Å². The molecule has 0 spiro atoms. The lowest BCUT2D eigenvalue weighted by Gasteiger charge is -2.26. The van der Waals surface area contributed by atoms with Crippen molar-refractivity contribution in [2.75, 3.05) is 29.0 Å². The Morgan fingerprint density at radius 1 is 1.18 bits per heavy atom. The van der Waals surface area contributed by atoms with Crippen molar-refractivity contribution >= 4 is 27.3 Å². The minimum absolute atomic E-state index is 0.227. The van der Waals surface area contributed by atoms with E-state index in [-0.39, 0.29) is 5.91 Å². The number of hydrogen-bond donors (Lipinski definition) is 2. The van der Waals surface area contributed by atoms with Gasteiger partial charge < -0.3 is 14.6 Å². The van der Waals surface area contributed by atoms with E-state index in [0.29, 0.717) is 24.3 Å². The molecule has 154 valence electrons. The van der Waals surface area contributed by atoms with Gasteiger partial charge in [-0.2, -0.15) is 0 Å². The summed E-state index contributed by atoms with van der Waals surface area (Å²) in [5, 5.41) is 2.88. The Bertz CT molecular complexity index is 864. The zero-order chi connectivity index (χ0) is 20.6. The van der Waals surface area contributed by atoms with Gasteiger partial charge in [-0.15, -0.1) is 0 Å². The summed E-state index contributed by atoms with van der Waals surface area (Å²) in [6.45, 7) is 5.92. The van der Waals surface area contributed by atoms with Crippen molar-refractivity contribution in [2.45, 2.75) is 39.7 Å². The zero-order valence-corrected chi connectivity index (χ0v) is 17.5. The number of anilines is 2. The van der Waals surface area contributed by atoms with Crippen LogP contribution in [-0.2, 0) is 16.6 Å². The van der Waals surface area contributed by atoms with Crippen LogP contribution < -0.4 is 14.9 Å². The average molecular weight is 408 g/mol. The third kappa shape index (κ3) is 6.60. The first-order chi connectivity index (χ1) is 13.3. The summed E-state index contributed by atoms with van der Waals surface area (Å²) >= 11 is 0. The molecule has 1 amide bonds. The maximum absolute atomic E-state index is 12.8. The van der Waals surface area contributed by atoms with Crippen molar-refractivity contribution in [1.29, 1.82) is 0 Å². The van der Waals surface area contributed by atoms with Crippen LogP contribution in [0.2, 0.25) is 0 Å². The van der Waals surface area contributed by atoms with Gasteiger partial charge in [-0.05, 0) is 43.2 Å². The van der Waals surface area contributed by atoms with E-state index in [2.05, 4.69) is 21.9 Å². The van der Waals surface area contributed by atoms with Crippen LogP contribution in [0.5, 0.6) is 0 Å². The summed E-state index contributed by atoms with van der Waals surface area (Å²) in [6.07, 6.45) is 5.50. The highest BCUT2D eigenvalue weighted by molar-refractivity contribution is 7.92. The number of rotatable bonds is 11. The standard InChI is InChI=1S/C20H29N3O4S/c1-4-6-12-23(15-17-8-7-13-27-17)19-10-9-16(22-28(3,25)26)14-18(19)20(24)21-11-5-2/h7-10,13-14,22H,4-6,11-12,15H2,1-3H3,(H,21,24). The van der Waals surface area contributed by atoms with Crippen molar-refractivity contribution in [3.8, 4) is 0 Å². The molecule has 2 rings (SSSR count). The molecule has 2 aromatic rings. The first kappa shape index (κ1) is 21.8. The smallest absolute Gasteiger partial charge is 0.253 e. The topological polar surface area (TPSA) is 91.7 Å². The van der Waals surface area contributed by atoms with Crippen LogP contribution in [0.1, 0.15) is 49.2 Å². The second kappa shape index (κ2) is 10.2. The number of sulfonamides is 1. The molecule has 0 bridgehead atoms. The summed E-state index contributed by atoms with van der Waals surface area (Å²) in [5.41, 5.74) is 1.55. The van der Waals surface area contributed by atoms with E-state index in [9.17, 15) is 13.2 Å².